The molecule has 0 bridgehead atoms. The van der Waals surface area contributed by atoms with Crippen molar-refractivity contribution in [1.29, 1.82) is 0 Å². The molecule has 1 N–H and O–H groups in total. The molecule has 0 radical (unpaired) electrons. The Hall–Kier alpha value is -2.25. The van der Waals surface area contributed by atoms with Gasteiger partial charge in [0.1, 0.15) is 5.82 Å². The molecule has 0 aliphatic heterocycles. The van der Waals surface area contributed by atoms with Gasteiger partial charge in [0, 0.05) is 26.1 Å². The van der Waals surface area contributed by atoms with Gasteiger partial charge in [-0.15, -0.1) is 0 Å². The molecule has 7 heteroatoms. The van der Waals surface area contributed by atoms with Gasteiger partial charge in [0.05, 0.1) is 6.26 Å². The van der Waals surface area contributed by atoms with Crippen LogP contribution in [0.15, 0.2) is 48.5 Å². The maximum atomic E-state index is 13.7. The van der Waals surface area contributed by atoms with Crippen LogP contribution in [0.4, 0.5) is 4.39 Å². The first-order valence-electron chi connectivity index (χ1n) is 8.76. The highest BCUT2D eigenvalue weighted by Gasteiger charge is 2.18. The third kappa shape index (κ3) is 7.11. The molecule has 5 nitrogen and oxygen atoms in total. The van der Waals surface area contributed by atoms with Crippen LogP contribution in [0.2, 0.25) is 0 Å². The molecule has 0 aliphatic carbocycles. The molecule has 0 saturated heterocycles. The van der Waals surface area contributed by atoms with Crippen LogP contribution in [0.1, 0.15) is 23.1 Å². The zero-order valence-electron chi connectivity index (χ0n) is 15.6. The van der Waals surface area contributed by atoms with Crippen LogP contribution in [0.5, 0.6) is 0 Å². The molecule has 0 fully saturated rings. The average Bonchev–Trinajstić information content (AvgIpc) is 2.61. The van der Waals surface area contributed by atoms with E-state index in [0.29, 0.717) is 12.1 Å². The summed E-state index contributed by atoms with van der Waals surface area (Å²) in [6.07, 6.45) is 1.40. The number of rotatable bonds is 9. The number of aryl methyl sites for hydroxylation is 1. The van der Waals surface area contributed by atoms with Gasteiger partial charge < -0.3 is 5.32 Å². The number of carbonyl (C=O) groups excluding carboxylic acids is 1. The molecule has 2 aromatic rings. The van der Waals surface area contributed by atoms with Gasteiger partial charge in [-0.05, 0) is 30.5 Å². The van der Waals surface area contributed by atoms with Crippen molar-refractivity contribution in [2.75, 3.05) is 19.3 Å². The number of carbonyl (C=O) groups is 1. The highest BCUT2D eigenvalue weighted by atomic mass is 32.2. The van der Waals surface area contributed by atoms with Crippen molar-refractivity contribution in [2.45, 2.75) is 26.3 Å². The molecule has 0 atom stereocenters. The summed E-state index contributed by atoms with van der Waals surface area (Å²) in [6.45, 7) is 2.58. The van der Waals surface area contributed by atoms with Crippen molar-refractivity contribution >= 4 is 15.9 Å². The topological polar surface area (TPSA) is 66.5 Å². The first-order chi connectivity index (χ1) is 12.8. The molecule has 0 saturated carbocycles. The second-order valence-corrected chi connectivity index (χ2v) is 8.50. The second kappa shape index (κ2) is 9.62. The summed E-state index contributed by atoms with van der Waals surface area (Å²) in [7, 11) is -3.48. The maximum absolute atomic E-state index is 13.7. The van der Waals surface area contributed by atoms with Gasteiger partial charge in [-0.2, -0.15) is 0 Å². The lowest BCUT2D eigenvalue weighted by molar-refractivity contribution is -0.121. The van der Waals surface area contributed by atoms with Crippen LogP contribution >= 0.6 is 0 Å². The van der Waals surface area contributed by atoms with Gasteiger partial charge >= 0.3 is 0 Å². The number of hydrogen-bond donors (Lipinski definition) is 1. The number of hydrogen-bond acceptors (Lipinski definition) is 3. The fourth-order valence-corrected chi connectivity index (χ4v) is 3.46. The minimum absolute atomic E-state index is 0.0518. The summed E-state index contributed by atoms with van der Waals surface area (Å²) in [5.74, 6) is -0.586. The maximum Gasteiger partial charge on any atom is 0.221 e. The van der Waals surface area contributed by atoms with E-state index < -0.39 is 10.0 Å². The van der Waals surface area contributed by atoms with Gasteiger partial charge in [0.2, 0.25) is 15.9 Å². The lowest BCUT2D eigenvalue weighted by Crippen LogP contribution is -2.36. The van der Waals surface area contributed by atoms with Crippen molar-refractivity contribution < 1.29 is 17.6 Å². The number of benzene rings is 2. The smallest absolute Gasteiger partial charge is 0.221 e. The van der Waals surface area contributed by atoms with Crippen molar-refractivity contribution in [2.24, 2.45) is 0 Å². The number of halogens is 1. The van der Waals surface area contributed by atoms with E-state index >= 15 is 0 Å². The normalized spacial score (nSPS) is 11.6. The van der Waals surface area contributed by atoms with Crippen LogP contribution in [-0.2, 0) is 27.8 Å². The van der Waals surface area contributed by atoms with Crippen LogP contribution in [0, 0.1) is 12.7 Å². The van der Waals surface area contributed by atoms with Crippen LogP contribution in [-0.4, -0.2) is 38.0 Å². The summed E-state index contributed by atoms with van der Waals surface area (Å²) < 4.78 is 38.8. The highest BCUT2D eigenvalue weighted by molar-refractivity contribution is 7.88. The van der Waals surface area contributed by atoms with Crippen molar-refractivity contribution in [3.05, 3.63) is 71.0 Å². The third-order valence-corrected chi connectivity index (χ3v) is 5.56. The van der Waals surface area contributed by atoms with Gasteiger partial charge in [-0.3, -0.25) is 4.79 Å². The summed E-state index contributed by atoms with van der Waals surface area (Å²) in [4.78, 5) is 12.1. The highest BCUT2D eigenvalue weighted by Crippen LogP contribution is 2.10. The molecule has 2 aromatic carbocycles. The second-order valence-electron chi connectivity index (χ2n) is 6.52. The summed E-state index contributed by atoms with van der Waals surface area (Å²) in [5, 5.41) is 2.79. The van der Waals surface area contributed by atoms with Gasteiger partial charge in [0.25, 0.3) is 0 Å². The Bertz CT molecular complexity index is 867. The van der Waals surface area contributed by atoms with Crippen LogP contribution in [0.25, 0.3) is 0 Å². The molecule has 0 heterocycles. The minimum Gasteiger partial charge on any atom is -0.352 e. The molecule has 27 heavy (non-hydrogen) atoms. The van der Waals surface area contributed by atoms with E-state index in [2.05, 4.69) is 5.32 Å². The summed E-state index contributed by atoms with van der Waals surface area (Å²) >= 11 is 0. The van der Waals surface area contributed by atoms with E-state index in [1.807, 2.05) is 31.2 Å². The molecular weight excluding hydrogens is 367 g/mol. The van der Waals surface area contributed by atoms with E-state index in [4.69, 9.17) is 0 Å². The van der Waals surface area contributed by atoms with E-state index in [9.17, 15) is 17.6 Å². The molecule has 0 aliphatic rings. The first kappa shape index (κ1) is 21.1. The van der Waals surface area contributed by atoms with Crippen molar-refractivity contribution in [3.63, 3.8) is 0 Å². The molecule has 0 unspecified atom stereocenters. The molecular formula is C20H25FN2O3S. The number of sulfonamides is 1. The third-order valence-electron chi connectivity index (χ3n) is 4.26. The van der Waals surface area contributed by atoms with E-state index in [0.717, 1.165) is 17.4 Å². The predicted molar refractivity (Wildman–Crippen MR) is 104 cm³/mol. The number of nitrogens with one attached hydrogen (secondary N) is 1. The van der Waals surface area contributed by atoms with Crippen molar-refractivity contribution in [3.8, 4) is 0 Å². The Kier molecular flexibility index (Phi) is 7.50. The lowest BCUT2D eigenvalue weighted by atomic mass is 10.1. The average molecular weight is 392 g/mol. The first-order valence-corrected chi connectivity index (χ1v) is 10.6. The quantitative estimate of drug-likeness (QED) is 0.713. The Morgan fingerprint density at radius 1 is 1.07 bits per heavy atom. The lowest BCUT2D eigenvalue weighted by Gasteiger charge is -2.20. The fraction of sp³-hybridized carbons (Fsp3) is 0.350. The standard InChI is InChI=1S/C20H25FN2O3S/c1-16-7-9-17(10-8-16)15-22-20(24)12-14-23(27(2,25)26)13-11-18-5-3-4-6-19(18)21/h3-10H,11-15H2,1-2H3,(H,22,24). The van der Waals surface area contributed by atoms with Crippen LogP contribution < -0.4 is 5.32 Å². The van der Waals surface area contributed by atoms with Gasteiger partial charge in [0.15, 0.2) is 0 Å². The van der Waals surface area contributed by atoms with E-state index in [1.54, 1.807) is 18.2 Å². The molecule has 1 amide bonds. The van der Waals surface area contributed by atoms with E-state index in [1.165, 1.54) is 10.4 Å². The Labute approximate surface area is 160 Å². The Morgan fingerprint density at radius 3 is 2.37 bits per heavy atom. The van der Waals surface area contributed by atoms with Crippen LogP contribution in [0.3, 0.4) is 0 Å². The fourth-order valence-electron chi connectivity index (χ4n) is 2.61. The summed E-state index contributed by atoms with van der Waals surface area (Å²) in [6, 6.07) is 14.1. The number of amides is 1. The predicted octanol–water partition coefficient (Wildman–Crippen LogP) is 2.64. The minimum atomic E-state index is -3.48. The van der Waals surface area contributed by atoms with Gasteiger partial charge in [-0.25, -0.2) is 17.1 Å². The van der Waals surface area contributed by atoms with E-state index in [-0.39, 0.29) is 37.7 Å². The largest absolute Gasteiger partial charge is 0.352 e. The molecule has 2 rings (SSSR count). The molecule has 0 aromatic heterocycles. The Balaban J connectivity index is 1.85. The monoisotopic (exact) mass is 392 g/mol. The molecule has 0 spiro atoms. The van der Waals surface area contributed by atoms with Gasteiger partial charge in [-0.1, -0.05) is 48.0 Å². The zero-order chi connectivity index (χ0) is 19.9. The Morgan fingerprint density at radius 2 is 1.74 bits per heavy atom. The SMILES string of the molecule is Cc1ccc(CNC(=O)CCN(CCc2ccccc2F)S(C)(=O)=O)cc1. The van der Waals surface area contributed by atoms with Crippen molar-refractivity contribution in [1.82, 2.24) is 9.62 Å². The zero-order valence-corrected chi connectivity index (χ0v) is 16.4. The summed E-state index contributed by atoms with van der Waals surface area (Å²) in [5.41, 5.74) is 2.58. The number of nitrogens with zero attached hydrogens (tertiary/aromatic N) is 1. The molecule has 146 valence electrons.